The molecule has 0 saturated heterocycles. The number of nitrogens with zero attached hydrogens (tertiary/aromatic N) is 2. The Balaban J connectivity index is 1.56. The molecule has 5 rings (SSSR count). The molecule has 3 aliphatic rings. The van der Waals surface area contributed by atoms with Gasteiger partial charge in [0.2, 0.25) is 0 Å². The van der Waals surface area contributed by atoms with E-state index in [0.29, 0.717) is 5.92 Å². The molecular weight excluding hydrogens is 346 g/mol. The number of hydrogen-bond acceptors (Lipinski definition) is 4. The summed E-state index contributed by atoms with van der Waals surface area (Å²) in [5.74, 6) is 1.48. The quantitative estimate of drug-likeness (QED) is 0.737. The predicted molar refractivity (Wildman–Crippen MR) is 116 cm³/mol. The van der Waals surface area contributed by atoms with Crippen molar-refractivity contribution in [1.82, 2.24) is 0 Å². The Kier molecular flexibility index (Phi) is 4.50. The van der Waals surface area contributed by atoms with Gasteiger partial charge in [-0.2, -0.15) is 0 Å². The Morgan fingerprint density at radius 2 is 1.86 bits per heavy atom. The lowest BCUT2D eigenvalue weighted by atomic mass is 9.78. The van der Waals surface area contributed by atoms with Gasteiger partial charge < -0.3 is 15.0 Å². The molecule has 1 aliphatic heterocycles. The minimum absolute atomic E-state index is 0.191. The Morgan fingerprint density at radius 3 is 2.71 bits per heavy atom. The molecule has 28 heavy (non-hydrogen) atoms. The standard InChI is InChI=1S/C24H29N3O/c1-28-23-14-5-3-11-21(23)25-17-27-22-13-4-2-10-20(22)26-19-12-8-9-18(19)24(27)15-6-7-16-24/h2-5,10-11,13-14,18,25H,6-9,12,15-17H2,1H3. The molecule has 2 aliphatic carbocycles. The zero-order valence-electron chi connectivity index (χ0n) is 16.7. The van der Waals surface area contributed by atoms with E-state index in [4.69, 9.17) is 9.73 Å². The Hall–Kier alpha value is -2.49. The van der Waals surface area contributed by atoms with Crippen molar-refractivity contribution in [2.24, 2.45) is 10.9 Å². The molecule has 1 spiro atoms. The van der Waals surface area contributed by atoms with E-state index >= 15 is 0 Å². The van der Waals surface area contributed by atoms with Gasteiger partial charge in [0.25, 0.3) is 0 Å². The van der Waals surface area contributed by atoms with E-state index in [1.165, 1.54) is 49.9 Å². The molecule has 2 aromatic carbocycles. The first kappa shape index (κ1) is 17.6. The zero-order chi connectivity index (χ0) is 19.0. The molecule has 0 radical (unpaired) electrons. The summed E-state index contributed by atoms with van der Waals surface area (Å²) in [7, 11) is 1.73. The van der Waals surface area contributed by atoms with E-state index in [9.17, 15) is 0 Å². The number of nitrogens with one attached hydrogen (secondary N) is 1. The number of benzene rings is 2. The Labute approximate surface area is 167 Å². The maximum Gasteiger partial charge on any atom is 0.141 e. The highest BCUT2D eigenvalue weighted by Crippen LogP contribution is 2.52. The predicted octanol–water partition coefficient (Wildman–Crippen LogP) is 5.77. The maximum absolute atomic E-state index is 5.56. The average molecular weight is 376 g/mol. The number of para-hydroxylation sites is 4. The molecule has 146 valence electrons. The molecule has 1 N–H and O–H groups in total. The van der Waals surface area contributed by atoms with Gasteiger partial charge in [-0.05, 0) is 56.4 Å². The number of rotatable bonds is 4. The van der Waals surface area contributed by atoms with Crippen LogP contribution in [0.25, 0.3) is 0 Å². The second-order valence-corrected chi connectivity index (χ2v) is 8.31. The van der Waals surface area contributed by atoms with Gasteiger partial charge in [-0.3, -0.25) is 4.99 Å². The van der Waals surface area contributed by atoms with E-state index in [0.717, 1.165) is 30.2 Å². The van der Waals surface area contributed by atoms with Gasteiger partial charge in [0, 0.05) is 11.6 Å². The first-order valence-electron chi connectivity index (χ1n) is 10.6. The highest BCUT2D eigenvalue weighted by Gasteiger charge is 2.50. The van der Waals surface area contributed by atoms with Crippen molar-refractivity contribution < 1.29 is 4.74 Å². The van der Waals surface area contributed by atoms with Crippen molar-refractivity contribution >= 4 is 22.8 Å². The number of ether oxygens (including phenoxy) is 1. The van der Waals surface area contributed by atoms with E-state index in [1.54, 1.807) is 7.11 Å². The van der Waals surface area contributed by atoms with Crippen LogP contribution in [0, 0.1) is 5.92 Å². The molecule has 4 heteroatoms. The first-order valence-corrected chi connectivity index (χ1v) is 10.6. The van der Waals surface area contributed by atoms with Crippen LogP contribution >= 0.6 is 0 Å². The molecule has 4 nitrogen and oxygen atoms in total. The van der Waals surface area contributed by atoms with Crippen molar-refractivity contribution in [2.45, 2.75) is 50.5 Å². The Morgan fingerprint density at radius 1 is 1.07 bits per heavy atom. The van der Waals surface area contributed by atoms with E-state index in [-0.39, 0.29) is 5.54 Å². The van der Waals surface area contributed by atoms with Crippen molar-refractivity contribution in [3.05, 3.63) is 48.5 Å². The van der Waals surface area contributed by atoms with Crippen molar-refractivity contribution in [3.8, 4) is 5.75 Å². The number of aliphatic imine (C=N–C) groups is 1. The number of hydrogen-bond donors (Lipinski definition) is 1. The normalized spacial score (nSPS) is 22.4. The van der Waals surface area contributed by atoms with Crippen LogP contribution in [0.3, 0.4) is 0 Å². The summed E-state index contributed by atoms with van der Waals surface area (Å²) in [6, 6.07) is 16.9. The van der Waals surface area contributed by atoms with Crippen molar-refractivity contribution in [1.29, 1.82) is 0 Å². The molecule has 2 fully saturated rings. The van der Waals surface area contributed by atoms with Gasteiger partial charge in [-0.15, -0.1) is 0 Å². The average Bonchev–Trinajstić information content (AvgIpc) is 3.38. The summed E-state index contributed by atoms with van der Waals surface area (Å²) < 4.78 is 5.56. The molecule has 0 aromatic heterocycles. The summed E-state index contributed by atoms with van der Waals surface area (Å²) in [6.45, 7) is 0.774. The molecule has 0 amide bonds. The second-order valence-electron chi connectivity index (χ2n) is 8.31. The Bertz CT molecular complexity index is 885. The van der Waals surface area contributed by atoms with Crippen LogP contribution in [0.15, 0.2) is 53.5 Å². The molecule has 2 saturated carbocycles. The van der Waals surface area contributed by atoms with Gasteiger partial charge in [0.1, 0.15) is 5.75 Å². The summed E-state index contributed by atoms with van der Waals surface area (Å²) in [5.41, 5.74) is 5.09. The largest absolute Gasteiger partial charge is 0.495 e. The second kappa shape index (κ2) is 7.16. The van der Waals surface area contributed by atoms with Crippen LogP contribution in [0.2, 0.25) is 0 Å². The van der Waals surface area contributed by atoms with Crippen molar-refractivity contribution in [3.63, 3.8) is 0 Å². The van der Waals surface area contributed by atoms with Crippen LogP contribution in [-0.2, 0) is 0 Å². The van der Waals surface area contributed by atoms with E-state index < -0.39 is 0 Å². The van der Waals surface area contributed by atoms with Gasteiger partial charge in [-0.1, -0.05) is 37.1 Å². The van der Waals surface area contributed by atoms with Crippen LogP contribution in [0.5, 0.6) is 5.75 Å². The topological polar surface area (TPSA) is 36.9 Å². The monoisotopic (exact) mass is 375 g/mol. The van der Waals surface area contributed by atoms with Crippen LogP contribution in [0.4, 0.5) is 17.1 Å². The highest BCUT2D eigenvalue weighted by molar-refractivity contribution is 5.95. The molecule has 1 atom stereocenters. The van der Waals surface area contributed by atoms with E-state index in [1.807, 2.05) is 12.1 Å². The zero-order valence-corrected chi connectivity index (χ0v) is 16.7. The molecule has 0 bridgehead atoms. The molecule has 1 unspecified atom stereocenters. The number of methoxy groups -OCH3 is 1. The van der Waals surface area contributed by atoms with Gasteiger partial charge in [0.05, 0.1) is 36.4 Å². The number of fused-ring (bicyclic) bond motifs is 3. The van der Waals surface area contributed by atoms with Crippen LogP contribution in [0.1, 0.15) is 44.9 Å². The third-order valence-corrected chi connectivity index (χ3v) is 6.95. The summed E-state index contributed by atoms with van der Waals surface area (Å²) in [6.07, 6.45) is 8.87. The highest BCUT2D eigenvalue weighted by atomic mass is 16.5. The van der Waals surface area contributed by atoms with Crippen molar-refractivity contribution in [2.75, 3.05) is 24.0 Å². The lowest BCUT2D eigenvalue weighted by Gasteiger charge is -2.46. The summed E-state index contributed by atoms with van der Waals surface area (Å²) in [5, 5.41) is 3.68. The molecular formula is C24H29N3O. The maximum atomic E-state index is 5.56. The fraction of sp³-hybridized carbons (Fsp3) is 0.458. The fourth-order valence-corrected chi connectivity index (χ4v) is 5.71. The first-order chi connectivity index (χ1) is 13.8. The van der Waals surface area contributed by atoms with E-state index in [2.05, 4.69) is 46.6 Å². The fourth-order valence-electron chi connectivity index (χ4n) is 5.71. The SMILES string of the molecule is COc1ccccc1NCN1c2ccccc2N=C2CCCC2C12CCCC2. The van der Waals surface area contributed by atoms with Gasteiger partial charge >= 0.3 is 0 Å². The van der Waals surface area contributed by atoms with Crippen LogP contribution in [-0.4, -0.2) is 25.0 Å². The third kappa shape index (κ3) is 2.78. The molecule has 2 aromatic rings. The third-order valence-electron chi connectivity index (χ3n) is 6.95. The minimum atomic E-state index is 0.191. The number of anilines is 2. The van der Waals surface area contributed by atoms with Gasteiger partial charge in [-0.25, -0.2) is 0 Å². The van der Waals surface area contributed by atoms with Gasteiger partial charge in [0.15, 0.2) is 0 Å². The lowest BCUT2D eigenvalue weighted by molar-refractivity contribution is 0.318. The smallest absolute Gasteiger partial charge is 0.141 e. The van der Waals surface area contributed by atoms with Crippen LogP contribution < -0.4 is 15.0 Å². The lowest BCUT2D eigenvalue weighted by Crippen LogP contribution is -2.54. The minimum Gasteiger partial charge on any atom is -0.495 e. The molecule has 1 heterocycles. The summed E-state index contributed by atoms with van der Waals surface area (Å²) in [4.78, 5) is 7.83. The summed E-state index contributed by atoms with van der Waals surface area (Å²) >= 11 is 0.